The molecule has 2 unspecified atom stereocenters. The van der Waals surface area contributed by atoms with Gasteiger partial charge in [0.05, 0.1) is 0 Å². The van der Waals surface area contributed by atoms with E-state index in [1.54, 1.807) is 0 Å². The first kappa shape index (κ1) is 14.9. The van der Waals surface area contributed by atoms with Gasteiger partial charge in [0.15, 0.2) is 0 Å². The lowest BCUT2D eigenvalue weighted by Gasteiger charge is -2.18. The summed E-state index contributed by atoms with van der Waals surface area (Å²) in [5, 5.41) is 17.1. The molecule has 5 heteroatoms. The fourth-order valence-electron chi connectivity index (χ4n) is 1.63. The molecule has 0 rings (SSSR count). The lowest BCUT2D eigenvalue weighted by atomic mass is 9.92. The van der Waals surface area contributed by atoms with E-state index in [9.17, 15) is 9.59 Å². The SMILES string of the molecule is CC(N)C(CCCCCC(=O)O)CC(=O)O. The molecule has 5 nitrogen and oxygen atoms in total. The summed E-state index contributed by atoms with van der Waals surface area (Å²) in [6, 6.07) is -0.129. The third-order valence-corrected chi connectivity index (χ3v) is 2.65. The van der Waals surface area contributed by atoms with E-state index in [1.165, 1.54) is 0 Å². The third kappa shape index (κ3) is 8.23. The van der Waals surface area contributed by atoms with Crippen LogP contribution in [0.1, 0.15) is 45.4 Å². The Balaban J connectivity index is 3.68. The Kier molecular flexibility index (Phi) is 7.54. The van der Waals surface area contributed by atoms with Crippen molar-refractivity contribution in [2.45, 2.75) is 51.5 Å². The average molecular weight is 231 g/mol. The highest BCUT2D eigenvalue weighted by Crippen LogP contribution is 2.17. The van der Waals surface area contributed by atoms with Crippen molar-refractivity contribution in [1.82, 2.24) is 0 Å². The Bertz CT molecular complexity index is 228. The minimum Gasteiger partial charge on any atom is -0.481 e. The van der Waals surface area contributed by atoms with Crippen molar-refractivity contribution in [3.63, 3.8) is 0 Å². The Morgan fingerprint density at radius 2 is 1.75 bits per heavy atom. The van der Waals surface area contributed by atoms with Gasteiger partial charge in [-0.2, -0.15) is 0 Å². The molecule has 0 aliphatic carbocycles. The summed E-state index contributed by atoms with van der Waals surface area (Å²) in [4.78, 5) is 20.8. The van der Waals surface area contributed by atoms with E-state index in [1.807, 2.05) is 6.92 Å². The molecule has 2 atom stereocenters. The van der Waals surface area contributed by atoms with Crippen LogP contribution in [0.2, 0.25) is 0 Å². The predicted molar refractivity (Wildman–Crippen MR) is 60.1 cm³/mol. The van der Waals surface area contributed by atoms with Gasteiger partial charge in [-0.3, -0.25) is 9.59 Å². The minimum absolute atomic E-state index is 0.0117. The maximum Gasteiger partial charge on any atom is 0.303 e. The molecule has 0 aliphatic heterocycles. The van der Waals surface area contributed by atoms with Crippen LogP contribution in [0, 0.1) is 5.92 Å². The number of hydrogen-bond donors (Lipinski definition) is 3. The van der Waals surface area contributed by atoms with E-state index in [-0.39, 0.29) is 24.8 Å². The van der Waals surface area contributed by atoms with Gasteiger partial charge in [-0.25, -0.2) is 0 Å². The number of hydrogen-bond acceptors (Lipinski definition) is 3. The molecule has 0 fully saturated rings. The largest absolute Gasteiger partial charge is 0.481 e. The van der Waals surface area contributed by atoms with Gasteiger partial charge in [-0.05, 0) is 25.7 Å². The van der Waals surface area contributed by atoms with Gasteiger partial charge in [0, 0.05) is 18.9 Å². The second-order valence-electron chi connectivity index (χ2n) is 4.21. The summed E-state index contributed by atoms with van der Waals surface area (Å²) in [6.07, 6.45) is 3.33. The zero-order valence-electron chi connectivity index (χ0n) is 9.69. The van der Waals surface area contributed by atoms with Gasteiger partial charge >= 0.3 is 11.9 Å². The first-order valence-corrected chi connectivity index (χ1v) is 5.62. The highest BCUT2D eigenvalue weighted by Gasteiger charge is 2.16. The Morgan fingerprint density at radius 3 is 2.19 bits per heavy atom. The minimum atomic E-state index is -0.826. The van der Waals surface area contributed by atoms with Crippen LogP contribution < -0.4 is 5.73 Å². The van der Waals surface area contributed by atoms with Gasteiger partial charge in [-0.15, -0.1) is 0 Å². The Labute approximate surface area is 95.6 Å². The first-order chi connectivity index (χ1) is 7.43. The number of rotatable bonds is 9. The predicted octanol–water partition coefficient (Wildman–Crippen LogP) is 1.46. The lowest BCUT2D eigenvalue weighted by molar-refractivity contribution is -0.138. The zero-order valence-corrected chi connectivity index (χ0v) is 9.69. The van der Waals surface area contributed by atoms with Crippen LogP contribution in [0.3, 0.4) is 0 Å². The van der Waals surface area contributed by atoms with E-state index >= 15 is 0 Å². The fourth-order valence-corrected chi connectivity index (χ4v) is 1.63. The summed E-state index contributed by atoms with van der Waals surface area (Å²) in [5.41, 5.74) is 5.69. The molecule has 0 aromatic rings. The normalized spacial score (nSPS) is 14.4. The molecule has 16 heavy (non-hydrogen) atoms. The quantitative estimate of drug-likeness (QED) is 0.521. The molecule has 0 saturated heterocycles. The number of carbonyl (C=O) groups is 2. The summed E-state index contributed by atoms with van der Waals surface area (Å²) in [5.74, 6) is -1.62. The maximum absolute atomic E-state index is 10.6. The van der Waals surface area contributed by atoms with Crippen molar-refractivity contribution in [2.75, 3.05) is 0 Å². The summed E-state index contributed by atoms with van der Waals surface area (Å²) >= 11 is 0. The van der Waals surface area contributed by atoms with Crippen molar-refractivity contribution in [3.8, 4) is 0 Å². The number of carboxylic acid groups (broad SMARTS) is 2. The summed E-state index contributed by atoms with van der Waals surface area (Å²) in [6.45, 7) is 1.81. The molecule has 0 spiro atoms. The third-order valence-electron chi connectivity index (χ3n) is 2.65. The molecule has 0 heterocycles. The molecule has 0 saturated carbocycles. The molecule has 0 amide bonds. The molecular weight excluding hydrogens is 210 g/mol. The van der Waals surface area contributed by atoms with Crippen LogP contribution in [0.4, 0.5) is 0 Å². The smallest absolute Gasteiger partial charge is 0.303 e. The molecule has 0 radical (unpaired) electrons. The van der Waals surface area contributed by atoms with Gasteiger partial charge in [0.25, 0.3) is 0 Å². The first-order valence-electron chi connectivity index (χ1n) is 5.62. The van der Waals surface area contributed by atoms with Crippen molar-refractivity contribution >= 4 is 11.9 Å². The van der Waals surface area contributed by atoms with Crippen molar-refractivity contribution < 1.29 is 19.8 Å². The van der Waals surface area contributed by atoms with Crippen LogP contribution >= 0.6 is 0 Å². The van der Waals surface area contributed by atoms with Crippen LogP contribution in [-0.2, 0) is 9.59 Å². The standard InChI is InChI=1S/C11H21NO4/c1-8(12)9(7-11(15)16)5-3-2-4-6-10(13)14/h8-9H,2-7,12H2,1H3,(H,13,14)(H,15,16). The number of carboxylic acids is 2. The van der Waals surface area contributed by atoms with Crippen molar-refractivity contribution in [1.29, 1.82) is 0 Å². The van der Waals surface area contributed by atoms with Crippen LogP contribution in [0.25, 0.3) is 0 Å². The van der Waals surface area contributed by atoms with Crippen molar-refractivity contribution in [2.24, 2.45) is 11.7 Å². The number of aliphatic carboxylic acids is 2. The molecule has 0 bridgehead atoms. The zero-order chi connectivity index (χ0) is 12.6. The molecule has 0 aromatic carbocycles. The van der Waals surface area contributed by atoms with E-state index < -0.39 is 11.9 Å². The molecule has 4 N–H and O–H groups in total. The second kappa shape index (κ2) is 8.10. The van der Waals surface area contributed by atoms with Crippen LogP contribution in [0.15, 0.2) is 0 Å². The number of unbranched alkanes of at least 4 members (excludes halogenated alkanes) is 2. The second-order valence-corrected chi connectivity index (χ2v) is 4.21. The monoisotopic (exact) mass is 231 g/mol. The van der Waals surface area contributed by atoms with Crippen LogP contribution in [0.5, 0.6) is 0 Å². The Hall–Kier alpha value is -1.10. The molecule has 0 aromatic heterocycles. The molecular formula is C11H21NO4. The Morgan fingerprint density at radius 1 is 1.12 bits per heavy atom. The molecule has 94 valence electrons. The van der Waals surface area contributed by atoms with Crippen LogP contribution in [-0.4, -0.2) is 28.2 Å². The highest BCUT2D eigenvalue weighted by molar-refractivity contribution is 5.67. The maximum atomic E-state index is 10.6. The summed E-state index contributed by atoms with van der Waals surface area (Å²) < 4.78 is 0. The fraction of sp³-hybridized carbons (Fsp3) is 0.818. The summed E-state index contributed by atoms with van der Waals surface area (Å²) in [7, 11) is 0. The highest BCUT2D eigenvalue weighted by atomic mass is 16.4. The van der Waals surface area contributed by atoms with E-state index in [4.69, 9.17) is 15.9 Å². The van der Waals surface area contributed by atoms with E-state index in [0.29, 0.717) is 6.42 Å². The van der Waals surface area contributed by atoms with Crippen molar-refractivity contribution in [3.05, 3.63) is 0 Å². The van der Waals surface area contributed by atoms with Gasteiger partial charge < -0.3 is 15.9 Å². The van der Waals surface area contributed by atoms with Gasteiger partial charge in [-0.1, -0.05) is 12.8 Å². The average Bonchev–Trinajstić information content (AvgIpc) is 2.14. The number of nitrogens with two attached hydrogens (primary N) is 1. The van der Waals surface area contributed by atoms with E-state index in [0.717, 1.165) is 19.3 Å². The van der Waals surface area contributed by atoms with E-state index in [2.05, 4.69) is 0 Å². The lowest BCUT2D eigenvalue weighted by Crippen LogP contribution is -2.28. The van der Waals surface area contributed by atoms with Gasteiger partial charge in [0.1, 0.15) is 0 Å². The van der Waals surface area contributed by atoms with Gasteiger partial charge in [0.2, 0.25) is 0 Å². The topological polar surface area (TPSA) is 101 Å². The molecule has 0 aliphatic rings.